The molecule has 0 saturated carbocycles. The fourth-order valence-corrected chi connectivity index (χ4v) is 4.02. The smallest absolute Gasteiger partial charge is 0.0981 e. The van der Waals surface area contributed by atoms with Crippen molar-refractivity contribution in [3.63, 3.8) is 0 Å². The molecule has 1 N–H and O–H groups in total. The maximum atomic E-state index is 9.82. The summed E-state index contributed by atoms with van der Waals surface area (Å²) in [5.41, 5.74) is 3.36. The predicted octanol–water partition coefficient (Wildman–Crippen LogP) is 4.65. The molecule has 1 heterocycles. The molecule has 0 aliphatic carbocycles. The molecule has 0 radical (unpaired) electrons. The first kappa shape index (κ1) is 15.7. The maximum absolute atomic E-state index is 9.82. The van der Waals surface area contributed by atoms with Crippen molar-refractivity contribution in [2.75, 3.05) is 12.3 Å². The Morgan fingerprint density at radius 2 is 1.65 bits per heavy atom. The van der Waals surface area contributed by atoms with Crippen LogP contribution in [-0.4, -0.2) is 12.3 Å². The number of nitrogens with one attached hydrogen (secondary N) is 1. The van der Waals surface area contributed by atoms with E-state index in [0.717, 1.165) is 22.9 Å². The summed E-state index contributed by atoms with van der Waals surface area (Å²) in [7, 11) is 0. The summed E-state index contributed by atoms with van der Waals surface area (Å²) < 4.78 is 0. The molecule has 0 amide bonds. The number of hydrogen-bond donors (Lipinski definition) is 1. The largest absolute Gasteiger partial charge is 0.378 e. The molecule has 0 spiro atoms. The lowest BCUT2D eigenvalue weighted by molar-refractivity contribution is 0.543. The molecule has 2 aromatic rings. The molecule has 2 atom stereocenters. The Hall–Kier alpha value is -2.18. The number of hydrogen-bond acceptors (Lipinski definition) is 3. The van der Waals surface area contributed by atoms with Crippen molar-refractivity contribution in [1.29, 1.82) is 5.26 Å². The summed E-state index contributed by atoms with van der Waals surface area (Å²) in [6.07, 6.45) is 0. The second kappa shape index (κ2) is 7.39. The van der Waals surface area contributed by atoms with Crippen LogP contribution in [0.5, 0.6) is 0 Å². The fraction of sp³-hybridized carbons (Fsp3) is 0.250. The highest BCUT2D eigenvalue weighted by Gasteiger charge is 2.34. The zero-order valence-electron chi connectivity index (χ0n) is 13.2. The third-order valence-electron chi connectivity index (χ3n) is 4.24. The van der Waals surface area contributed by atoms with Gasteiger partial charge in [-0.05, 0) is 16.9 Å². The van der Waals surface area contributed by atoms with Crippen molar-refractivity contribution >= 4 is 11.8 Å². The average molecular weight is 320 g/mol. The summed E-state index contributed by atoms with van der Waals surface area (Å²) in [6.45, 7) is 2.98. The molecule has 0 unspecified atom stereocenters. The summed E-state index contributed by atoms with van der Waals surface area (Å²) in [5.74, 6) is 1.35. The molecule has 23 heavy (non-hydrogen) atoms. The zero-order valence-corrected chi connectivity index (χ0v) is 14.0. The van der Waals surface area contributed by atoms with Gasteiger partial charge in [-0.15, -0.1) is 11.8 Å². The molecule has 1 aliphatic rings. The van der Waals surface area contributed by atoms with E-state index in [1.165, 1.54) is 11.1 Å². The number of allylic oxidation sites excluding steroid dienone is 1. The van der Waals surface area contributed by atoms with Gasteiger partial charge >= 0.3 is 0 Å². The van der Waals surface area contributed by atoms with Gasteiger partial charge in [-0.2, -0.15) is 5.26 Å². The molecule has 0 aromatic heterocycles. The zero-order chi connectivity index (χ0) is 16.1. The lowest BCUT2D eigenvalue weighted by atomic mass is 9.76. The van der Waals surface area contributed by atoms with E-state index < -0.39 is 0 Å². The van der Waals surface area contributed by atoms with E-state index in [-0.39, 0.29) is 11.8 Å². The van der Waals surface area contributed by atoms with Gasteiger partial charge in [-0.1, -0.05) is 67.6 Å². The molecular formula is C20H20N2S. The van der Waals surface area contributed by atoms with E-state index in [2.05, 4.69) is 66.8 Å². The Morgan fingerprint density at radius 3 is 2.22 bits per heavy atom. The first-order chi connectivity index (χ1) is 11.3. The Bertz CT molecular complexity index is 716. The van der Waals surface area contributed by atoms with Crippen LogP contribution in [0.1, 0.15) is 29.9 Å². The molecular weight excluding hydrogens is 300 g/mol. The van der Waals surface area contributed by atoms with E-state index in [0.29, 0.717) is 0 Å². The summed E-state index contributed by atoms with van der Waals surface area (Å²) in [4.78, 5) is 0. The summed E-state index contributed by atoms with van der Waals surface area (Å²) in [6, 6.07) is 23.4. The van der Waals surface area contributed by atoms with Crippen LogP contribution in [-0.2, 0) is 0 Å². The fourth-order valence-electron chi connectivity index (χ4n) is 3.22. The first-order valence-electron chi connectivity index (χ1n) is 7.96. The first-order valence-corrected chi connectivity index (χ1v) is 8.94. The third kappa shape index (κ3) is 3.28. The lowest BCUT2D eigenvalue weighted by Crippen LogP contribution is -2.32. The Morgan fingerprint density at radius 1 is 1.04 bits per heavy atom. The Labute approximate surface area is 142 Å². The highest BCUT2D eigenvalue weighted by molar-refractivity contribution is 8.03. The molecule has 2 aromatic carbocycles. The number of rotatable bonds is 4. The number of nitriles is 1. The van der Waals surface area contributed by atoms with Crippen LogP contribution in [0, 0.1) is 11.3 Å². The quantitative estimate of drug-likeness (QED) is 0.891. The van der Waals surface area contributed by atoms with Gasteiger partial charge in [0.05, 0.1) is 16.7 Å². The van der Waals surface area contributed by atoms with Crippen LogP contribution in [0.2, 0.25) is 0 Å². The second-order valence-corrected chi connectivity index (χ2v) is 6.85. The molecule has 0 saturated heterocycles. The molecule has 3 rings (SSSR count). The van der Waals surface area contributed by atoms with Crippen molar-refractivity contribution in [2.45, 2.75) is 18.8 Å². The van der Waals surface area contributed by atoms with Crippen molar-refractivity contribution in [1.82, 2.24) is 5.32 Å². The van der Waals surface area contributed by atoms with Gasteiger partial charge < -0.3 is 5.32 Å². The monoisotopic (exact) mass is 320 g/mol. The molecule has 0 bridgehead atoms. The Balaban J connectivity index is 2.10. The van der Waals surface area contributed by atoms with Crippen LogP contribution in [0.3, 0.4) is 0 Å². The van der Waals surface area contributed by atoms with Crippen LogP contribution < -0.4 is 5.32 Å². The van der Waals surface area contributed by atoms with Crippen molar-refractivity contribution in [3.05, 3.63) is 82.4 Å². The molecule has 0 fully saturated rings. The maximum Gasteiger partial charge on any atom is 0.0981 e. The standard InChI is InChI=1S/C20H20N2S/c1-2-23-20-17(13-21)19(16-11-7-4-8-12-16)18(14-22-20)15-9-5-3-6-10-15/h3-12,18-19,22H,2,14H2,1H3/t18-,19+/m0/s1. The van der Waals surface area contributed by atoms with E-state index in [1.807, 2.05) is 12.1 Å². The van der Waals surface area contributed by atoms with Crippen LogP contribution >= 0.6 is 11.8 Å². The SMILES string of the molecule is CCSC1=C(C#N)[C@@H](c2ccccc2)[C@H](c2ccccc2)CN1. The van der Waals surface area contributed by atoms with E-state index in [9.17, 15) is 5.26 Å². The number of benzene rings is 2. The van der Waals surface area contributed by atoms with E-state index in [1.54, 1.807) is 11.8 Å². The highest BCUT2D eigenvalue weighted by atomic mass is 32.2. The normalized spacial score (nSPS) is 20.7. The topological polar surface area (TPSA) is 35.8 Å². The Kier molecular flexibility index (Phi) is 5.05. The van der Waals surface area contributed by atoms with Gasteiger partial charge in [0, 0.05) is 18.4 Å². The highest BCUT2D eigenvalue weighted by Crippen LogP contribution is 2.43. The van der Waals surface area contributed by atoms with Crippen LogP contribution in [0.15, 0.2) is 71.3 Å². The average Bonchev–Trinajstić information content (AvgIpc) is 2.63. The molecule has 1 aliphatic heterocycles. The molecule has 116 valence electrons. The third-order valence-corrected chi connectivity index (χ3v) is 5.18. The van der Waals surface area contributed by atoms with Crippen molar-refractivity contribution in [2.24, 2.45) is 0 Å². The minimum atomic E-state index is 0.110. The van der Waals surface area contributed by atoms with Gasteiger partial charge in [0.2, 0.25) is 0 Å². The van der Waals surface area contributed by atoms with Gasteiger partial charge in [0.15, 0.2) is 0 Å². The van der Waals surface area contributed by atoms with Gasteiger partial charge in [0.1, 0.15) is 0 Å². The second-order valence-electron chi connectivity index (χ2n) is 5.57. The molecule has 2 nitrogen and oxygen atoms in total. The summed E-state index contributed by atoms with van der Waals surface area (Å²) in [5, 5.41) is 14.4. The minimum absolute atomic E-state index is 0.110. The lowest BCUT2D eigenvalue weighted by Gasteiger charge is -2.34. The van der Waals surface area contributed by atoms with E-state index >= 15 is 0 Å². The summed E-state index contributed by atoms with van der Waals surface area (Å²) >= 11 is 1.73. The molecule has 3 heteroatoms. The van der Waals surface area contributed by atoms with Gasteiger partial charge in [0.25, 0.3) is 0 Å². The minimum Gasteiger partial charge on any atom is -0.378 e. The van der Waals surface area contributed by atoms with Crippen molar-refractivity contribution in [3.8, 4) is 6.07 Å². The van der Waals surface area contributed by atoms with Crippen LogP contribution in [0.25, 0.3) is 0 Å². The van der Waals surface area contributed by atoms with Gasteiger partial charge in [-0.25, -0.2) is 0 Å². The number of thioether (sulfide) groups is 1. The van der Waals surface area contributed by atoms with Crippen molar-refractivity contribution < 1.29 is 0 Å². The number of nitrogens with zero attached hydrogens (tertiary/aromatic N) is 1. The van der Waals surface area contributed by atoms with Gasteiger partial charge in [-0.3, -0.25) is 0 Å². The van der Waals surface area contributed by atoms with Crippen LogP contribution in [0.4, 0.5) is 0 Å². The van der Waals surface area contributed by atoms with E-state index in [4.69, 9.17) is 0 Å². The predicted molar refractivity (Wildman–Crippen MR) is 97.1 cm³/mol.